The van der Waals surface area contributed by atoms with Crippen LogP contribution >= 0.6 is 12.4 Å². The van der Waals surface area contributed by atoms with Crippen molar-refractivity contribution in [3.63, 3.8) is 0 Å². The molecule has 7 heteroatoms. The molecule has 4 N–H and O–H groups in total. The molecule has 0 aliphatic heterocycles. The molecule has 1 aromatic rings. The Labute approximate surface area is 130 Å². The normalized spacial score (nSPS) is 9.62. The number of amides is 2. The van der Waals surface area contributed by atoms with Crippen molar-refractivity contribution in [2.75, 3.05) is 19.7 Å². The Bertz CT molecular complexity index is 455. The summed E-state index contributed by atoms with van der Waals surface area (Å²) in [5.41, 5.74) is 7.17. The van der Waals surface area contributed by atoms with Crippen molar-refractivity contribution in [2.24, 2.45) is 5.73 Å². The predicted octanol–water partition coefficient (Wildman–Crippen LogP) is 0.336. The fourth-order valence-corrected chi connectivity index (χ4v) is 1.59. The maximum Gasteiger partial charge on any atom is 0.239 e. The minimum absolute atomic E-state index is 0. The van der Waals surface area contributed by atoms with Crippen LogP contribution in [0.2, 0.25) is 0 Å². The lowest BCUT2D eigenvalue weighted by Crippen LogP contribution is -2.39. The summed E-state index contributed by atoms with van der Waals surface area (Å²) in [5, 5.41) is 5.16. The zero-order valence-electron chi connectivity index (χ0n) is 12.1. The van der Waals surface area contributed by atoms with E-state index >= 15 is 0 Å². The van der Waals surface area contributed by atoms with E-state index in [-0.39, 0.29) is 37.3 Å². The average molecular weight is 316 g/mol. The summed E-state index contributed by atoms with van der Waals surface area (Å²) in [6.45, 7) is 3.32. The highest BCUT2D eigenvalue weighted by molar-refractivity contribution is 5.85. The van der Waals surface area contributed by atoms with E-state index in [9.17, 15) is 9.59 Å². The van der Waals surface area contributed by atoms with Crippen molar-refractivity contribution in [3.8, 4) is 0 Å². The second-order valence-electron chi connectivity index (χ2n) is 4.16. The molecule has 0 atom stereocenters. The van der Waals surface area contributed by atoms with Gasteiger partial charge in [0.1, 0.15) is 0 Å². The van der Waals surface area contributed by atoms with Crippen LogP contribution in [0.3, 0.4) is 0 Å². The van der Waals surface area contributed by atoms with E-state index in [1.54, 1.807) is 0 Å². The van der Waals surface area contributed by atoms with Gasteiger partial charge in [0.2, 0.25) is 11.8 Å². The number of benzene rings is 1. The summed E-state index contributed by atoms with van der Waals surface area (Å²) in [6, 6.07) is 7.74. The fourth-order valence-electron chi connectivity index (χ4n) is 1.59. The molecule has 0 radical (unpaired) electrons. The number of carbonyl (C=O) groups excluding carboxylic acids is 2. The Morgan fingerprint density at radius 3 is 2.43 bits per heavy atom. The van der Waals surface area contributed by atoms with Gasteiger partial charge in [0, 0.05) is 13.2 Å². The first-order valence-corrected chi connectivity index (χ1v) is 6.55. The molecule has 0 aromatic heterocycles. The molecular formula is C14H22ClN3O3. The number of halogens is 1. The lowest BCUT2D eigenvalue weighted by Gasteiger charge is -2.11. The van der Waals surface area contributed by atoms with E-state index in [4.69, 9.17) is 10.5 Å². The third-order valence-corrected chi connectivity index (χ3v) is 2.69. The zero-order chi connectivity index (χ0) is 14.8. The van der Waals surface area contributed by atoms with Gasteiger partial charge in [0.15, 0.2) is 0 Å². The molecule has 0 fully saturated rings. The standard InChI is InChI=1S/C14H21N3O3.ClH/c1-2-20-10-12-6-4-3-5-11(12)8-16-14(19)9-17-13(18)7-15;/h3-6H,2,7-10,15H2,1H3,(H,16,19)(H,17,18);1H. The second kappa shape index (κ2) is 11.1. The minimum Gasteiger partial charge on any atom is -0.377 e. The first-order valence-electron chi connectivity index (χ1n) is 6.55. The minimum atomic E-state index is -0.350. The van der Waals surface area contributed by atoms with Gasteiger partial charge in [0.05, 0.1) is 19.7 Å². The smallest absolute Gasteiger partial charge is 0.239 e. The molecule has 0 saturated carbocycles. The van der Waals surface area contributed by atoms with E-state index in [1.165, 1.54) is 0 Å². The lowest BCUT2D eigenvalue weighted by molar-refractivity contribution is -0.125. The van der Waals surface area contributed by atoms with Crippen molar-refractivity contribution in [1.29, 1.82) is 0 Å². The summed E-state index contributed by atoms with van der Waals surface area (Å²) < 4.78 is 5.38. The van der Waals surface area contributed by atoms with E-state index in [2.05, 4.69) is 10.6 Å². The highest BCUT2D eigenvalue weighted by Gasteiger charge is 2.06. The van der Waals surface area contributed by atoms with Gasteiger partial charge in [-0.15, -0.1) is 12.4 Å². The van der Waals surface area contributed by atoms with Gasteiger partial charge in [-0.2, -0.15) is 0 Å². The lowest BCUT2D eigenvalue weighted by atomic mass is 10.1. The van der Waals surface area contributed by atoms with Gasteiger partial charge in [0.25, 0.3) is 0 Å². The van der Waals surface area contributed by atoms with Gasteiger partial charge in [-0.1, -0.05) is 24.3 Å². The molecule has 0 aliphatic rings. The van der Waals surface area contributed by atoms with Crippen molar-refractivity contribution >= 4 is 24.2 Å². The number of carbonyl (C=O) groups is 2. The molecule has 2 amide bonds. The third kappa shape index (κ3) is 7.65. The van der Waals surface area contributed by atoms with E-state index < -0.39 is 0 Å². The predicted molar refractivity (Wildman–Crippen MR) is 82.9 cm³/mol. The zero-order valence-corrected chi connectivity index (χ0v) is 12.9. The van der Waals surface area contributed by atoms with Crippen LogP contribution in [-0.4, -0.2) is 31.5 Å². The number of nitrogens with one attached hydrogen (secondary N) is 2. The molecule has 0 heterocycles. The summed E-state index contributed by atoms with van der Waals surface area (Å²) in [4.78, 5) is 22.5. The average Bonchev–Trinajstić information content (AvgIpc) is 2.49. The first kappa shape index (κ1) is 19.4. The van der Waals surface area contributed by atoms with Gasteiger partial charge in [-0.3, -0.25) is 9.59 Å². The summed E-state index contributed by atoms with van der Waals surface area (Å²) in [6.07, 6.45) is 0. The number of ether oxygens (including phenoxy) is 1. The van der Waals surface area contributed by atoms with Gasteiger partial charge >= 0.3 is 0 Å². The molecule has 21 heavy (non-hydrogen) atoms. The second-order valence-corrected chi connectivity index (χ2v) is 4.16. The Morgan fingerprint density at radius 2 is 1.81 bits per heavy atom. The number of hydrogen-bond acceptors (Lipinski definition) is 4. The van der Waals surface area contributed by atoms with Crippen LogP contribution in [0.25, 0.3) is 0 Å². The Morgan fingerprint density at radius 1 is 1.14 bits per heavy atom. The largest absolute Gasteiger partial charge is 0.377 e. The molecule has 0 saturated heterocycles. The monoisotopic (exact) mass is 315 g/mol. The highest BCUT2D eigenvalue weighted by atomic mass is 35.5. The Hall–Kier alpha value is -1.63. The van der Waals surface area contributed by atoms with E-state index in [0.29, 0.717) is 19.8 Å². The molecule has 1 aromatic carbocycles. The van der Waals surface area contributed by atoms with Crippen LogP contribution in [-0.2, 0) is 27.5 Å². The highest BCUT2D eigenvalue weighted by Crippen LogP contribution is 2.09. The molecular weight excluding hydrogens is 294 g/mol. The maximum atomic E-state index is 11.6. The Balaban J connectivity index is 0.00000400. The van der Waals surface area contributed by atoms with Crippen molar-refractivity contribution in [3.05, 3.63) is 35.4 Å². The Kier molecular flexibility index (Phi) is 10.2. The molecule has 118 valence electrons. The van der Waals surface area contributed by atoms with Crippen LogP contribution in [0.15, 0.2) is 24.3 Å². The van der Waals surface area contributed by atoms with Gasteiger partial charge in [-0.25, -0.2) is 0 Å². The van der Waals surface area contributed by atoms with Crippen LogP contribution < -0.4 is 16.4 Å². The van der Waals surface area contributed by atoms with Gasteiger partial charge in [-0.05, 0) is 18.1 Å². The van der Waals surface area contributed by atoms with E-state index in [0.717, 1.165) is 11.1 Å². The van der Waals surface area contributed by atoms with Crippen molar-refractivity contribution in [2.45, 2.75) is 20.1 Å². The molecule has 0 bridgehead atoms. The van der Waals surface area contributed by atoms with Crippen LogP contribution in [0.4, 0.5) is 0 Å². The van der Waals surface area contributed by atoms with Crippen molar-refractivity contribution in [1.82, 2.24) is 10.6 Å². The molecule has 0 unspecified atom stereocenters. The molecule has 1 rings (SSSR count). The SMILES string of the molecule is CCOCc1ccccc1CNC(=O)CNC(=O)CN.Cl. The number of hydrogen-bond donors (Lipinski definition) is 3. The number of rotatable bonds is 8. The van der Waals surface area contributed by atoms with Crippen molar-refractivity contribution < 1.29 is 14.3 Å². The maximum absolute atomic E-state index is 11.6. The van der Waals surface area contributed by atoms with Gasteiger partial charge < -0.3 is 21.1 Å². The van der Waals surface area contributed by atoms with E-state index in [1.807, 2.05) is 31.2 Å². The summed E-state index contributed by atoms with van der Waals surface area (Å²) >= 11 is 0. The molecule has 6 nitrogen and oxygen atoms in total. The third-order valence-electron chi connectivity index (χ3n) is 2.69. The quantitative estimate of drug-likeness (QED) is 0.645. The first-order chi connectivity index (χ1) is 9.67. The molecule has 0 aliphatic carbocycles. The molecule has 0 spiro atoms. The number of nitrogens with two attached hydrogens (primary N) is 1. The van der Waals surface area contributed by atoms with Crippen LogP contribution in [0.5, 0.6) is 0 Å². The summed E-state index contributed by atoms with van der Waals surface area (Å²) in [7, 11) is 0. The van der Waals surface area contributed by atoms with Crippen LogP contribution in [0, 0.1) is 0 Å². The topological polar surface area (TPSA) is 93.5 Å². The summed E-state index contributed by atoms with van der Waals surface area (Å²) in [5.74, 6) is -0.602. The fraction of sp³-hybridized carbons (Fsp3) is 0.429. The van der Waals surface area contributed by atoms with Crippen LogP contribution in [0.1, 0.15) is 18.1 Å².